The molecule has 0 radical (unpaired) electrons. The Morgan fingerprint density at radius 1 is 1.24 bits per heavy atom. The number of nitrogens with zero attached hydrogens (tertiary/aromatic N) is 1. The molecule has 1 saturated heterocycles. The van der Waals surface area contributed by atoms with Gasteiger partial charge in [-0.15, -0.1) is 12.4 Å². The number of rotatable bonds is 9. The van der Waals surface area contributed by atoms with Crippen molar-refractivity contribution in [3.8, 4) is 11.8 Å². The third-order valence-corrected chi connectivity index (χ3v) is 11.7. The smallest absolute Gasteiger partial charge is 0.193 e. The Hall–Kier alpha value is -2.62. The van der Waals surface area contributed by atoms with E-state index in [4.69, 9.17) is 19.5 Å². The fourth-order valence-electron chi connectivity index (χ4n) is 9.48. The molecule has 50 heavy (non-hydrogen) atoms. The van der Waals surface area contributed by atoms with E-state index in [2.05, 4.69) is 32.2 Å². The van der Waals surface area contributed by atoms with Crippen LogP contribution in [0, 0.1) is 39.9 Å². The maximum absolute atomic E-state index is 13.2. The highest BCUT2D eigenvalue weighted by molar-refractivity contribution is 6.01. The van der Waals surface area contributed by atoms with E-state index in [0.29, 0.717) is 37.1 Å². The molecule has 1 aromatic carbocycles. The summed E-state index contributed by atoms with van der Waals surface area (Å²) in [5, 5.41) is 43.3. The Labute approximate surface area is 302 Å². The third-order valence-electron chi connectivity index (χ3n) is 11.7. The van der Waals surface area contributed by atoms with E-state index in [9.17, 15) is 24.9 Å². The second kappa shape index (κ2) is 15.5. The van der Waals surface area contributed by atoms with Crippen molar-refractivity contribution in [2.75, 3.05) is 19.8 Å². The number of carbonyl (C=O) groups excluding carboxylic acids is 2. The Balaban J connectivity index is 0.000000255. The summed E-state index contributed by atoms with van der Waals surface area (Å²) >= 11 is 0. The van der Waals surface area contributed by atoms with Gasteiger partial charge in [0.25, 0.3) is 0 Å². The highest BCUT2D eigenvalue weighted by Crippen LogP contribution is 2.69. The van der Waals surface area contributed by atoms with E-state index in [1.165, 1.54) is 0 Å². The van der Waals surface area contributed by atoms with Crippen LogP contribution in [-0.2, 0) is 19.1 Å². The monoisotopic (exact) mass is 714 g/mol. The Morgan fingerprint density at radius 2 is 1.96 bits per heavy atom. The van der Waals surface area contributed by atoms with Crippen LogP contribution in [0.4, 0.5) is 0 Å². The predicted molar refractivity (Wildman–Crippen MR) is 191 cm³/mol. The molecule has 3 saturated carbocycles. The van der Waals surface area contributed by atoms with Crippen LogP contribution >= 0.6 is 12.4 Å². The minimum absolute atomic E-state index is 0. The average molecular weight is 715 g/mol. The lowest BCUT2D eigenvalue weighted by molar-refractivity contribution is -0.200. The van der Waals surface area contributed by atoms with E-state index in [-0.39, 0.29) is 59.3 Å². The van der Waals surface area contributed by atoms with Crippen molar-refractivity contribution in [1.29, 1.82) is 5.26 Å². The number of para-hydroxylation sites is 1. The molecule has 1 unspecified atom stereocenters. The first-order valence-corrected chi connectivity index (χ1v) is 17.8. The number of ketones is 2. The lowest BCUT2D eigenvalue weighted by atomic mass is 9.46. The lowest BCUT2D eigenvalue weighted by Gasteiger charge is -2.59. The number of aliphatic hydroxyl groups is 3. The summed E-state index contributed by atoms with van der Waals surface area (Å²) in [6.07, 6.45) is 7.71. The quantitative estimate of drug-likeness (QED) is 0.279. The largest absolute Gasteiger partial charge is 0.489 e. The zero-order chi connectivity index (χ0) is 35.8. The molecule has 1 aromatic rings. The molecule has 4 aliphatic carbocycles. The molecule has 10 atom stereocenters. The topological polar surface area (TPSA) is 158 Å². The molecule has 0 spiro atoms. The summed E-state index contributed by atoms with van der Waals surface area (Å²) in [7, 11) is 0. The van der Waals surface area contributed by atoms with Crippen LogP contribution in [0.25, 0.3) is 0 Å². The van der Waals surface area contributed by atoms with Crippen molar-refractivity contribution in [1.82, 2.24) is 5.32 Å². The SMILES string of the molecule is CC(C)(C)NCC(O)COc1ccccc1C#N.CCC[C@@H]1O[C@@H]2C[C@H]3[C@@H]4CCC5=CC(=O)C=C[C@]5(C)[C@H]4[C@@H](O)C[C@]3(C)[C@]2(C(=O)CO)O1.Cl. The zero-order valence-electron chi connectivity index (χ0n) is 30.2. The van der Waals surface area contributed by atoms with Crippen molar-refractivity contribution < 1.29 is 39.1 Å². The van der Waals surface area contributed by atoms with Crippen molar-refractivity contribution >= 4 is 24.0 Å². The molecule has 4 fully saturated rings. The van der Waals surface area contributed by atoms with Crippen molar-refractivity contribution in [3.05, 3.63) is 53.6 Å². The second-order valence-electron chi connectivity index (χ2n) is 15.9. The Morgan fingerprint density at radius 3 is 2.62 bits per heavy atom. The van der Waals surface area contributed by atoms with Gasteiger partial charge in [-0.05, 0) is 89.0 Å². The molecule has 1 heterocycles. The van der Waals surface area contributed by atoms with Gasteiger partial charge in [0, 0.05) is 28.8 Å². The number of aliphatic hydroxyl groups excluding tert-OH is 3. The van der Waals surface area contributed by atoms with E-state index < -0.39 is 42.2 Å². The summed E-state index contributed by atoms with van der Waals surface area (Å²) in [5.74, 6) is 0.537. The number of allylic oxidation sites excluding steroid dienone is 4. The number of Topliss-reactive ketones (excluding diaryl/α,β-unsaturated/α-hetero) is 1. The number of hydrogen-bond donors (Lipinski definition) is 4. The molecule has 0 amide bonds. The number of ether oxygens (including phenoxy) is 3. The summed E-state index contributed by atoms with van der Waals surface area (Å²) in [6, 6.07) is 9.05. The first kappa shape index (κ1) is 40.2. The number of fused-ring (bicyclic) bond motifs is 7. The molecule has 5 aliphatic rings. The summed E-state index contributed by atoms with van der Waals surface area (Å²) in [5.41, 5.74) is -0.603. The van der Waals surface area contributed by atoms with Gasteiger partial charge < -0.3 is 34.8 Å². The normalized spacial score (nSPS) is 35.8. The van der Waals surface area contributed by atoms with Gasteiger partial charge in [0.15, 0.2) is 23.5 Å². The van der Waals surface area contributed by atoms with Crippen molar-refractivity contribution in [2.45, 2.75) is 116 Å². The highest BCUT2D eigenvalue weighted by Gasteiger charge is 2.75. The average Bonchev–Trinajstić information content (AvgIpc) is 3.54. The first-order valence-electron chi connectivity index (χ1n) is 17.8. The number of β-amino-alcohol motifs (C(OH)–C–C–N with tert-alkyl or cyclic N) is 1. The maximum Gasteiger partial charge on any atom is 0.193 e. The van der Waals surface area contributed by atoms with E-state index >= 15 is 0 Å². The van der Waals surface area contributed by atoms with Crippen LogP contribution in [0.3, 0.4) is 0 Å². The number of halogens is 1. The number of benzene rings is 1. The number of hydrogen-bond acceptors (Lipinski definition) is 10. The zero-order valence-corrected chi connectivity index (χ0v) is 31.0. The molecular weight excluding hydrogens is 660 g/mol. The summed E-state index contributed by atoms with van der Waals surface area (Å²) < 4.78 is 18.1. The molecule has 10 nitrogen and oxygen atoms in total. The van der Waals surface area contributed by atoms with Crippen LogP contribution in [0.2, 0.25) is 0 Å². The van der Waals surface area contributed by atoms with Crippen LogP contribution in [0.15, 0.2) is 48.1 Å². The molecule has 276 valence electrons. The van der Waals surface area contributed by atoms with Crippen LogP contribution in [-0.4, -0.2) is 82.4 Å². The third kappa shape index (κ3) is 7.34. The lowest BCUT2D eigenvalue weighted by Crippen LogP contribution is -2.63. The Bertz CT molecular complexity index is 1500. The van der Waals surface area contributed by atoms with E-state index in [0.717, 1.165) is 24.8 Å². The van der Waals surface area contributed by atoms with Gasteiger partial charge in [0.2, 0.25) is 0 Å². The molecule has 0 bridgehead atoms. The number of nitrogens with one attached hydrogen (secondary N) is 1. The van der Waals surface area contributed by atoms with Gasteiger partial charge in [-0.25, -0.2) is 0 Å². The van der Waals surface area contributed by atoms with Crippen molar-refractivity contribution in [2.24, 2.45) is 28.6 Å². The summed E-state index contributed by atoms with van der Waals surface area (Å²) in [4.78, 5) is 25.2. The van der Waals surface area contributed by atoms with Gasteiger partial charge >= 0.3 is 0 Å². The standard InChI is InChI=1S/C25H34O6.C14H20N2O2.ClH/c1-4-5-21-30-20-11-17-16-7-6-14-10-15(27)8-9-23(14,2)22(16)18(28)12-24(17,3)25(20,31-21)19(29)13-26;1-14(2,3)16-9-12(17)10-18-13-7-5-4-6-11(13)8-15;/h8-10,16-18,20-22,26,28H,4-7,11-13H2,1-3H3;4-7,12,16-17H,9-10H2,1-3H3;1H/t16-,17-,18-,20+,21+,22+,23-,24-,25+;;/m0../s1. The highest BCUT2D eigenvalue weighted by atomic mass is 35.5. The molecule has 6 rings (SSSR count). The fourth-order valence-corrected chi connectivity index (χ4v) is 9.48. The molecular formula is C39H55ClN2O8. The van der Waals surface area contributed by atoms with Gasteiger partial charge in [-0.1, -0.05) is 51.0 Å². The van der Waals surface area contributed by atoms with Gasteiger partial charge in [-0.2, -0.15) is 5.26 Å². The molecule has 4 N–H and O–H groups in total. The second-order valence-corrected chi connectivity index (χ2v) is 15.9. The molecule has 11 heteroatoms. The predicted octanol–water partition coefficient (Wildman–Crippen LogP) is 4.82. The van der Waals surface area contributed by atoms with Gasteiger partial charge in [0.05, 0.1) is 17.8 Å². The fraction of sp³-hybridized carbons (Fsp3) is 0.667. The van der Waals surface area contributed by atoms with Gasteiger partial charge in [0.1, 0.15) is 31.1 Å². The summed E-state index contributed by atoms with van der Waals surface area (Å²) in [6.45, 7) is 12.4. The van der Waals surface area contributed by atoms with Crippen LogP contribution < -0.4 is 10.1 Å². The minimum Gasteiger partial charge on any atom is -0.489 e. The van der Waals surface area contributed by atoms with Crippen molar-refractivity contribution in [3.63, 3.8) is 0 Å². The molecule has 0 aromatic heterocycles. The van der Waals surface area contributed by atoms with E-state index in [1.807, 2.05) is 26.8 Å². The Kier molecular flexibility index (Phi) is 12.5. The number of nitriles is 1. The van der Waals surface area contributed by atoms with E-state index in [1.54, 1.807) is 36.4 Å². The van der Waals surface area contributed by atoms with Crippen LogP contribution in [0.1, 0.15) is 85.6 Å². The number of carbonyl (C=O) groups is 2. The van der Waals surface area contributed by atoms with Gasteiger partial charge in [-0.3, -0.25) is 9.59 Å². The first-order chi connectivity index (χ1) is 23.1. The molecule has 1 aliphatic heterocycles. The minimum atomic E-state index is -1.20. The van der Waals surface area contributed by atoms with Crippen LogP contribution in [0.5, 0.6) is 5.75 Å². The maximum atomic E-state index is 13.2.